The smallest absolute Gasteiger partial charge is 0.261 e. The van der Waals surface area contributed by atoms with Crippen molar-refractivity contribution in [1.29, 1.82) is 0 Å². The van der Waals surface area contributed by atoms with Crippen molar-refractivity contribution in [3.63, 3.8) is 0 Å². The number of nitrogens with two attached hydrogens (primary N) is 1. The molecule has 4 heteroatoms. The molecule has 1 amide bonds. The van der Waals surface area contributed by atoms with Crippen molar-refractivity contribution in [1.82, 2.24) is 4.98 Å². The minimum absolute atomic E-state index is 0.158. The van der Waals surface area contributed by atoms with Gasteiger partial charge in [0.05, 0.1) is 5.56 Å². The first kappa shape index (κ1) is 13.1. The van der Waals surface area contributed by atoms with Gasteiger partial charge in [0.25, 0.3) is 5.91 Å². The largest absolute Gasteiger partial charge is 0.398 e. The zero-order valence-electron chi connectivity index (χ0n) is 11.3. The Morgan fingerprint density at radius 3 is 2.42 bits per heavy atom. The van der Waals surface area contributed by atoms with Gasteiger partial charge in [0, 0.05) is 30.3 Å². The van der Waals surface area contributed by atoms with Gasteiger partial charge in [-0.2, -0.15) is 0 Å². The molecular formula is C15H17N3O. The van der Waals surface area contributed by atoms with Crippen LogP contribution < -0.4 is 10.6 Å². The number of aromatic nitrogens is 1. The van der Waals surface area contributed by atoms with Gasteiger partial charge in [0.15, 0.2) is 0 Å². The Labute approximate surface area is 112 Å². The summed E-state index contributed by atoms with van der Waals surface area (Å²) in [5.41, 5.74) is 9.54. The molecule has 4 nitrogen and oxygen atoms in total. The van der Waals surface area contributed by atoms with E-state index in [-0.39, 0.29) is 5.91 Å². The summed E-state index contributed by atoms with van der Waals surface area (Å²) in [7, 11) is 1.73. The molecule has 2 aromatic rings. The third kappa shape index (κ3) is 2.73. The van der Waals surface area contributed by atoms with Crippen molar-refractivity contribution >= 4 is 17.3 Å². The van der Waals surface area contributed by atoms with Crippen LogP contribution in [0.15, 0.2) is 36.5 Å². The summed E-state index contributed by atoms with van der Waals surface area (Å²) in [5, 5.41) is 0. The lowest BCUT2D eigenvalue weighted by Crippen LogP contribution is -2.27. The van der Waals surface area contributed by atoms with E-state index in [9.17, 15) is 4.79 Å². The number of hydrogen-bond acceptors (Lipinski definition) is 3. The summed E-state index contributed by atoms with van der Waals surface area (Å²) in [4.78, 5) is 18.1. The molecule has 1 aromatic heterocycles. The SMILES string of the molecule is Cc1ccc(N(C)C(=O)c2cnc(C)cc2N)cc1. The van der Waals surface area contributed by atoms with E-state index < -0.39 is 0 Å². The van der Waals surface area contributed by atoms with Crippen LogP contribution in [-0.2, 0) is 0 Å². The quantitative estimate of drug-likeness (QED) is 0.897. The van der Waals surface area contributed by atoms with Gasteiger partial charge in [-0.1, -0.05) is 17.7 Å². The van der Waals surface area contributed by atoms with Crippen molar-refractivity contribution in [2.45, 2.75) is 13.8 Å². The Bertz CT molecular complexity index is 605. The third-order valence-electron chi connectivity index (χ3n) is 3.03. The van der Waals surface area contributed by atoms with E-state index in [1.165, 1.54) is 6.20 Å². The van der Waals surface area contributed by atoms with Crippen LogP contribution in [0.1, 0.15) is 21.6 Å². The second-order valence-corrected chi connectivity index (χ2v) is 4.61. The summed E-state index contributed by atoms with van der Waals surface area (Å²) in [6.45, 7) is 3.85. The van der Waals surface area contributed by atoms with Crippen LogP contribution in [0.4, 0.5) is 11.4 Å². The minimum Gasteiger partial charge on any atom is -0.398 e. The van der Waals surface area contributed by atoms with E-state index in [0.29, 0.717) is 11.3 Å². The fourth-order valence-electron chi connectivity index (χ4n) is 1.83. The molecule has 2 N–H and O–H groups in total. The molecule has 0 aliphatic rings. The molecule has 0 aliphatic heterocycles. The second kappa shape index (κ2) is 5.10. The molecule has 2 rings (SSSR count). The Hall–Kier alpha value is -2.36. The normalized spacial score (nSPS) is 10.3. The highest BCUT2D eigenvalue weighted by Crippen LogP contribution is 2.19. The van der Waals surface area contributed by atoms with Crippen molar-refractivity contribution in [2.24, 2.45) is 0 Å². The van der Waals surface area contributed by atoms with Crippen molar-refractivity contribution in [3.05, 3.63) is 53.3 Å². The number of aryl methyl sites for hydroxylation is 2. The third-order valence-corrected chi connectivity index (χ3v) is 3.03. The minimum atomic E-state index is -0.158. The first-order chi connectivity index (χ1) is 8.99. The molecular weight excluding hydrogens is 238 g/mol. The van der Waals surface area contributed by atoms with Crippen LogP contribution in [0.25, 0.3) is 0 Å². The molecule has 98 valence electrons. The number of benzene rings is 1. The molecule has 1 heterocycles. The van der Waals surface area contributed by atoms with Gasteiger partial charge < -0.3 is 10.6 Å². The van der Waals surface area contributed by atoms with E-state index in [2.05, 4.69) is 4.98 Å². The summed E-state index contributed by atoms with van der Waals surface area (Å²) in [5.74, 6) is -0.158. The summed E-state index contributed by atoms with van der Waals surface area (Å²) in [6.07, 6.45) is 1.53. The number of pyridine rings is 1. The number of hydrogen-bond donors (Lipinski definition) is 1. The first-order valence-electron chi connectivity index (χ1n) is 6.06. The highest BCUT2D eigenvalue weighted by atomic mass is 16.2. The van der Waals surface area contributed by atoms with Gasteiger partial charge in [-0.05, 0) is 32.0 Å². The van der Waals surface area contributed by atoms with E-state index in [4.69, 9.17) is 5.73 Å². The predicted octanol–water partition coefficient (Wildman–Crippen LogP) is 2.56. The Balaban J connectivity index is 2.30. The van der Waals surface area contributed by atoms with E-state index in [1.54, 1.807) is 18.0 Å². The summed E-state index contributed by atoms with van der Waals surface area (Å²) < 4.78 is 0. The van der Waals surface area contributed by atoms with E-state index in [0.717, 1.165) is 16.9 Å². The fourth-order valence-corrected chi connectivity index (χ4v) is 1.83. The molecule has 0 spiro atoms. The van der Waals surface area contributed by atoms with Gasteiger partial charge >= 0.3 is 0 Å². The average Bonchev–Trinajstić information content (AvgIpc) is 2.38. The van der Waals surface area contributed by atoms with Crippen LogP contribution in [0, 0.1) is 13.8 Å². The highest BCUT2D eigenvalue weighted by Gasteiger charge is 2.16. The van der Waals surface area contributed by atoms with Crippen LogP contribution in [0.2, 0.25) is 0 Å². The van der Waals surface area contributed by atoms with Crippen molar-refractivity contribution in [2.75, 3.05) is 17.7 Å². The molecule has 1 aromatic carbocycles. The monoisotopic (exact) mass is 255 g/mol. The van der Waals surface area contributed by atoms with Gasteiger partial charge in [-0.25, -0.2) is 0 Å². The first-order valence-corrected chi connectivity index (χ1v) is 6.06. The maximum atomic E-state index is 12.4. The predicted molar refractivity (Wildman–Crippen MR) is 77.3 cm³/mol. The molecule has 0 fully saturated rings. The topological polar surface area (TPSA) is 59.2 Å². The number of amides is 1. The van der Waals surface area contributed by atoms with E-state index >= 15 is 0 Å². The molecule has 0 atom stereocenters. The average molecular weight is 255 g/mol. The van der Waals surface area contributed by atoms with Gasteiger partial charge in [-0.3, -0.25) is 9.78 Å². The maximum absolute atomic E-state index is 12.4. The van der Waals surface area contributed by atoms with Crippen molar-refractivity contribution < 1.29 is 4.79 Å². The maximum Gasteiger partial charge on any atom is 0.261 e. The number of nitrogen functional groups attached to an aromatic ring is 1. The molecule has 0 saturated heterocycles. The van der Waals surface area contributed by atoms with Crippen LogP contribution in [-0.4, -0.2) is 17.9 Å². The van der Waals surface area contributed by atoms with Gasteiger partial charge in [0.1, 0.15) is 0 Å². The zero-order chi connectivity index (χ0) is 14.0. The number of anilines is 2. The summed E-state index contributed by atoms with van der Waals surface area (Å²) >= 11 is 0. The number of nitrogens with zero attached hydrogens (tertiary/aromatic N) is 2. The van der Waals surface area contributed by atoms with Gasteiger partial charge in [-0.15, -0.1) is 0 Å². The molecule has 19 heavy (non-hydrogen) atoms. The lowest BCUT2D eigenvalue weighted by molar-refractivity contribution is 0.0993. The molecule has 0 saturated carbocycles. The van der Waals surface area contributed by atoms with Crippen LogP contribution in [0.3, 0.4) is 0 Å². The number of carbonyl (C=O) groups is 1. The Morgan fingerprint density at radius 1 is 1.21 bits per heavy atom. The second-order valence-electron chi connectivity index (χ2n) is 4.61. The summed E-state index contributed by atoms with van der Waals surface area (Å²) in [6, 6.07) is 9.46. The van der Waals surface area contributed by atoms with E-state index in [1.807, 2.05) is 38.1 Å². The van der Waals surface area contributed by atoms with Crippen molar-refractivity contribution in [3.8, 4) is 0 Å². The molecule has 0 aliphatic carbocycles. The highest BCUT2D eigenvalue weighted by molar-refractivity contribution is 6.08. The Kier molecular flexibility index (Phi) is 3.51. The molecule has 0 bridgehead atoms. The lowest BCUT2D eigenvalue weighted by atomic mass is 10.1. The zero-order valence-corrected chi connectivity index (χ0v) is 11.3. The van der Waals surface area contributed by atoms with Crippen LogP contribution >= 0.6 is 0 Å². The number of rotatable bonds is 2. The number of carbonyl (C=O) groups excluding carboxylic acids is 1. The molecule has 0 radical (unpaired) electrons. The van der Waals surface area contributed by atoms with Gasteiger partial charge in [0.2, 0.25) is 0 Å². The lowest BCUT2D eigenvalue weighted by Gasteiger charge is -2.18. The fraction of sp³-hybridized carbons (Fsp3) is 0.200. The van der Waals surface area contributed by atoms with Crippen LogP contribution in [0.5, 0.6) is 0 Å². The standard InChI is InChI=1S/C15H17N3O/c1-10-4-6-12(7-5-10)18(3)15(19)13-9-17-11(2)8-14(13)16/h4-9H,1-3H3,(H2,16,17). The Morgan fingerprint density at radius 2 is 1.84 bits per heavy atom. The molecule has 0 unspecified atom stereocenters.